The predicted molar refractivity (Wildman–Crippen MR) is 71.2 cm³/mol. The van der Waals surface area contributed by atoms with Crippen molar-refractivity contribution in [3.8, 4) is 0 Å². The topological polar surface area (TPSA) is 75.4 Å². The quantitative estimate of drug-likeness (QED) is 0.903. The fourth-order valence-corrected chi connectivity index (χ4v) is 3.75. The molecule has 108 valence electrons. The smallest absolute Gasteiger partial charge is 0.303 e. The molecule has 0 aliphatic carbocycles. The molecule has 2 aliphatic heterocycles. The Kier molecular flexibility index (Phi) is 3.23. The highest BCUT2D eigenvalue weighted by Crippen LogP contribution is 2.40. The first kappa shape index (κ1) is 13.1. The Labute approximate surface area is 117 Å². The van der Waals surface area contributed by atoms with Gasteiger partial charge in [0.25, 0.3) is 5.91 Å². The number of fused-ring (bicyclic) bond motifs is 2. The largest absolute Gasteiger partial charge is 0.481 e. The van der Waals surface area contributed by atoms with Gasteiger partial charge in [-0.3, -0.25) is 14.3 Å². The van der Waals surface area contributed by atoms with Crippen molar-refractivity contribution in [3.05, 3.63) is 18.0 Å². The van der Waals surface area contributed by atoms with Gasteiger partial charge >= 0.3 is 5.97 Å². The van der Waals surface area contributed by atoms with Crippen LogP contribution >= 0.6 is 0 Å². The number of nitrogens with zero attached hydrogens (tertiary/aromatic N) is 3. The molecule has 1 aromatic heterocycles. The van der Waals surface area contributed by atoms with Crippen LogP contribution in [0.15, 0.2) is 12.3 Å². The van der Waals surface area contributed by atoms with E-state index in [1.165, 1.54) is 0 Å². The molecule has 1 N–H and O–H groups in total. The number of aliphatic carboxylic acids is 1. The van der Waals surface area contributed by atoms with E-state index in [0.29, 0.717) is 5.69 Å². The van der Waals surface area contributed by atoms with E-state index in [2.05, 4.69) is 5.10 Å². The lowest BCUT2D eigenvalue weighted by molar-refractivity contribution is -0.138. The number of carbonyl (C=O) groups excluding carboxylic acids is 1. The number of hydrogen-bond donors (Lipinski definition) is 1. The average Bonchev–Trinajstić information content (AvgIpc) is 2.90. The molecular formula is C14H19N3O3. The number of amides is 1. The normalized spacial score (nSPS) is 28.6. The monoisotopic (exact) mass is 277 g/mol. The summed E-state index contributed by atoms with van der Waals surface area (Å²) in [6.45, 7) is 0. The second-order valence-electron chi connectivity index (χ2n) is 5.87. The zero-order chi connectivity index (χ0) is 14.3. The van der Waals surface area contributed by atoms with Gasteiger partial charge in [-0.25, -0.2) is 0 Å². The molecule has 3 rings (SSSR count). The minimum Gasteiger partial charge on any atom is -0.481 e. The molecule has 0 spiro atoms. The zero-order valence-electron chi connectivity index (χ0n) is 11.5. The van der Waals surface area contributed by atoms with E-state index in [1.54, 1.807) is 24.0 Å². The van der Waals surface area contributed by atoms with Gasteiger partial charge in [-0.1, -0.05) is 0 Å². The third-order valence-electron chi connectivity index (χ3n) is 4.57. The van der Waals surface area contributed by atoms with Gasteiger partial charge in [0.05, 0.1) is 0 Å². The fraction of sp³-hybridized carbons (Fsp3) is 0.643. The maximum absolute atomic E-state index is 12.6. The highest BCUT2D eigenvalue weighted by molar-refractivity contribution is 5.93. The average molecular weight is 277 g/mol. The van der Waals surface area contributed by atoms with Crippen LogP contribution in [0.4, 0.5) is 0 Å². The molecule has 2 saturated heterocycles. The van der Waals surface area contributed by atoms with Gasteiger partial charge in [0.15, 0.2) is 0 Å². The third-order valence-corrected chi connectivity index (χ3v) is 4.57. The van der Waals surface area contributed by atoms with Crippen LogP contribution in [0.5, 0.6) is 0 Å². The van der Waals surface area contributed by atoms with Crippen molar-refractivity contribution in [3.63, 3.8) is 0 Å². The molecule has 2 atom stereocenters. The van der Waals surface area contributed by atoms with Gasteiger partial charge in [0.1, 0.15) is 5.69 Å². The number of aromatic nitrogens is 2. The Morgan fingerprint density at radius 1 is 1.35 bits per heavy atom. The number of hydrogen-bond acceptors (Lipinski definition) is 3. The molecular weight excluding hydrogens is 258 g/mol. The molecule has 0 saturated carbocycles. The van der Waals surface area contributed by atoms with E-state index in [1.807, 2.05) is 4.90 Å². The van der Waals surface area contributed by atoms with Gasteiger partial charge in [-0.2, -0.15) is 5.10 Å². The van der Waals surface area contributed by atoms with Crippen molar-refractivity contribution in [2.75, 3.05) is 0 Å². The van der Waals surface area contributed by atoms with Crippen molar-refractivity contribution < 1.29 is 14.7 Å². The van der Waals surface area contributed by atoms with E-state index in [9.17, 15) is 9.59 Å². The van der Waals surface area contributed by atoms with Crippen LogP contribution in [-0.2, 0) is 11.8 Å². The Balaban J connectivity index is 1.76. The Hall–Kier alpha value is -1.85. The van der Waals surface area contributed by atoms with Gasteiger partial charge in [0.2, 0.25) is 0 Å². The van der Waals surface area contributed by atoms with Crippen molar-refractivity contribution in [2.45, 2.75) is 44.2 Å². The SMILES string of the molecule is Cn1nccc1C(=O)N1C2CCC1CC(CC(=O)O)C2. The number of carboxylic acid groups (broad SMARTS) is 1. The first-order valence-corrected chi connectivity index (χ1v) is 7.08. The van der Waals surface area contributed by atoms with E-state index >= 15 is 0 Å². The molecule has 1 amide bonds. The fourth-order valence-electron chi connectivity index (χ4n) is 3.75. The first-order chi connectivity index (χ1) is 9.56. The van der Waals surface area contributed by atoms with Crippen LogP contribution < -0.4 is 0 Å². The first-order valence-electron chi connectivity index (χ1n) is 7.08. The van der Waals surface area contributed by atoms with E-state index < -0.39 is 5.97 Å². The Bertz CT molecular complexity index is 526. The minimum atomic E-state index is -0.735. The third kappa shape index (κ3) is 2.19. The number of aryl methyl sites for hydroxylation is 1. The van der Waals surface area contributed by atoms with E-state index in [0.717, 1.165) is 25.7 Å². The Morgan fingerprint density at radius 3 is 2.50 bits per heavy atom. The predicted octanol–water partition coefficient (Wildman–Crippen LogP) is 1.28. The van der Waals surface area contributed by atoms with Crippen LogP contribution in [-0.4, -0.2) is 43.7 Å². The number of piperidine rings is 1. The molecule has 2 bridgehead atoms. The number of carboxylic acids is 1. The van der Waals surface area contributed by atoms with Crippen LogP contribution in [0.25, 0.3) is 0 Å². The summed E-state index contributed by atoms with van der Waals surface area (Å²) in [6, 6.07) is 2.13. The lowest BCUT2D eigenvalue weighted by Crippen LogP contribution is -2.47. The van der Waals surface area contributed by atoms with Crippen LogP contribution in [0.3, 0.4) is 0 Å². The molecule has 2 aliphatic rings. The van der Waals surface area contributed by atoms with Crippen LogP contribution in [0.2, 0.25) is 0 Å². The highest BCUT2D eigenvalue weighted by atomic mass is 16.4. The summed E-state index contributed by atoms with van der Waals surface area (Å²) < 4.78 is 1.60. The second-order valence-corrected chi connectivity index (χ2v) is 5.87. The summed E-state index contributed by atoms with van der Waals surface area (Å²) in [5.41, 5.74) is 0.610. The summed E-state index contributed by atoms with van der Waals surface area (Å²) in [5.74, 6) is -0.493. The molecule has 20 heavy (non-hydrogen) atoms. The van der Waals surface area contributed by atoms with Gasteiger partial charge in [-0.15, -0.1) is 0 Å². The summed E-state index contributed by atoms with van der Waals surface area (Å²) in [7, 11) is 1.77. The Morgan fingerprint density at radius 2 is 2.00 bits per heavy atom. The molecule has 1 aromatic rings. The molecule has 2 unspecified atom stereocenters. The standard InChI is InChI=1S/C14H19N3O3/c1-16-12(4-5-15-16)14(20)17-10-2-3-11(17)7-9(6-10)8-13(18)19/h4-5,9-11H,2-3,6-8H2,1H3,(H,18,19). The zero-order valence-corrected chi connectivity index (χ0v) is 11.5. The minimum absolute atomic E-state index is 0.0336. The van der Waals surface area contributed by atoms with Crippen molar-refractivity contribution >= 4 is 11.9 Å². The van der Waals surface area contributed by atoms with Gasteiger partial charge in [0, 0.05) is 31.7 Å². The molecule has 2 fully saturated rings. The summed E-state index contributed by atoms with van der Waals surface area (Å²) in [6.07, 6.45) is 5.46. The molecule has 6 nitrogen and oxygen atoms in total. The highest BCUT2D eigenvalue weighted by Gasteiger charge is 2.44. The van der Waals surface area contributed by atoms with Gasteiger partial charge < -0.3 is 10.0 Å². The van der Waals surface area contributed by atoms with Crippen molar-refractivity contribution in [2.24, 2.45) is 13.0 Å². The lowest BCUT2D eigenvalue weighted by atomic mass is 9.88. The summed E-state index contributed by atoms with van der Waals surface area (Å²) >= 11 is 0. The van der Waals surface area contributed by atoms with E-state index in [4.69, 9.17) is 5.11 Å². The second kappa shape index (κ2) is 4.92. The van der Waals surface area contributed by atoms with E-state index in [-0.39, 0.29) is 30.3 Å². The lowest BCUT2D eigenvalue weighted by Gasteiger charge is -2.38. The molecule has 6 heteroatoms. The molecule has 3 heterocycles. The molecule has 0 aromatic carbocycles. The van der Waals surface area contributed by atoms with Crippen molar-refractivity contribution in [1.82, 2.24) is 14.7 Å². The van der Waals surface area contributed by atoms with Crippen molar-refractivity contribution in [1.29, 1.82) is 0 Å². The molecule has 0 radical (unpaired) electrons. The maximum Gasteiger partial charge on any atom is 0.303 e. The number of carbonyl (C=O) groups is 2. The van der Waals surface area contributed by atoms with Crippen LogP contribution in [0, 0.1) is 5.92 Å². The summed E-state index contributed by atoms with van der Waals surface area (Å²) in [4.78, 5) is 25.4. The number of rotatable bonds is 3. The van der Waals surface area contributed by atoms with Crippen LogP contribution in [0.1, 0.15) is 42.6 Å². The van der Waals surface area contributed by atoms with Gasteiger partial charge in [-0.05, 0) is 37.7 Å². The maximum atomic E-state index is 12.6. The summed E-state index contributed by atoms with van der Waals surface area (Å²) in [5, 5.41) is 13.0.